The van der Waals surface area contributed by atoms with Crippen molar-refractivity contribution in [3.05, 3.63) is 28.8 Å². The zero-order valence-corrected chi connectivity index (χ0v) is 13.9. The smallest absolute Gasteiger partial charge is 0.253 e. The van der Waals surface area contributed by atoms with Crippen LogP contribution in [-0.4, -0.2) is 37.5 Å². The lowest BCUT2D eigenvalue weighted by Gasteiger charge is -2.24. The number of hydrogen-bond acceptors (Lipinski definition) is 4. The van der Waals surface area contributed by atoms with E-state index in [1.807, 2.05) is 14.1 Å². The summed E-state index contributed by atoms with van der Waals surface area (Å²) < 4.78 is 0. The minimum atomic E-state index is -0.169. The van der Waals surface area contributed by atoms with Crippen molar-refractivity contribution in [3.8, 4) is 0 Å². The maximum atomic E-state index is 12.5. The average Bonchev–Trinajstić information content (AvgIpc) is 2.36. The molecule has 0 spiro atoms. The molecule has 1 rings (SSSR count). The maximum Gasteiger partial charge on any atom is 0.253 e. The molecule has 0 aliphatic carbocycles. The highest BCUT2D eigenvalue weighted by molar-refractivity contribution is 6.31. The van der Waals surface area contributed by atoms with Crippen LogP contribution >= 0.6 is 11.6 Å². The van der Waals surface area contributed by atoms with Gasteiger partial charge in [-0.3, -0.25) is 10.6 Å². The second kappa shape index (κ2) is 8.22. The fraction of sp³-hybridized carbons (Fsp3) is 0.533. The van der Waals surface area contributed by atoms with Gasteiger partial charge in [0, 0.05) is 17.6 Å². The summed E-state index contributed by atoms with van der Waals surface area (Å²) in [4.78, 5) is 14.5. The van der Waals surface area contributed by atoms with Gasteiger partial charge < -0.3 is 15.6 Å². The number of nitrogen functional groups attached to an aromatic ring is 1. The largest absolute Gasteiger partial charge is 0.348 e. The molecule has 1 unspecified atom stereocenters. The van der Waals surface area contributed by atoms with Crippen molar-refractivity contribution < 1.29 is 4.79 Å². The predicted molar refractivity (Wildman–Crippen MR) is 88.5 cm³/mol. The highest BCUT2D eigenvalue weighted by Gasteiger charge is 2.18. The quantitative estimate of drug-likeness (QED) is 0.534. The lowest BCUT2D eigenvalue weighted by Crippen LogP contribution is -2.42. The first-order valence-electron chi connectivity index (χ1n) is 7.05. The van der Waals surface area contributed by atoms with E-state index in [1.54, 1.807) is 18.2 Å². The van der Waals surface area contributed by atoms with Crippen molar-refractivity contribution in [3.63, 3.8) is 0 Å². The van der Waals surface area contributed by atoms with Crippen LogP contribution in [0.4, 0.5) is 5.69 Å². The van der Waals surface area contributed by atoms with Gasteiger partial charge in [-0.25, -0.2) is 0 Å². The van der Waals surface area contributed by atoms with Gasteiger partial charge in [0.05, 0.1) is 11.3 Å². The van der Waals surface area contributed by atoms with Crippen LogP contribution in [0.1, 0.15) is 30.6 Å². The molecule has 21 heavy (non-hydrogen) atoms. The predicted octanol–water partition coefficient (Wildman–Crippen LogP) is 2.33. The summed E-state index contributed by atoms with van der Waals surface area (Å²) in [6.07, 6.45) is 0.913. The summed E-state index contributed by atoms with van der Waals surface area (Å²) in [5.74, 6) is 5.78. The van der Waals surface area contributed by atoms with Crippen molar-refractivity contribution >= 4 is 23.2 Å². The number of nitrogens with one attached hydrogen (secondary N) is 2. The molecule has 0 heterocycles. The van der Waals surface area contributed by atoms with Crippen molar-refractivity contribution in [2.24, 2.45) is 11.8 Å². The number of anilines is 1. The molecule has 1 amide bonds. The van der Waals surface area contributed by atoms with Gasteiger partial charge in [0.1, 0.15) is 0 Å². The second-order valence-corrected chi connectivity index (χ2v) is 6.33. The molecule has 0 fully saturated rings. The Labute approximate surface area is 131 Å². The standard InChI is InChI=1S/C15H25ClN4O/c1-10(2)7-12(9-20(3)4)18-15(21)13-8-11(16)5-6-14(13)19-17/h5-6,8,10,12,19H,7,9,17H2,1-4H3,(H,18,21). The van der Waals surface area contributed by atoms with E-state index in [0.29, 0.717) is 22.2 Å². The third-order valence-electron chi connectivity index (χ3n) is 3.06. The Balaban J connectivity index is 2.88. The molecule has 1 atom stereocenters. The van der Waals surface area contributed by atoms with Crippen LogP contribution in [0.25, 0.3) is 0 Å². The van der Waals surface area contributed by atoms with E-state index >= 15 is 0 Å². The van der Waals surface area contributed by atoms with E-state index in [9.17, 15) is 4.79 Å². The number of halogens is 1. The van der Waals surface area contributed by atoms with Crippen LogP contribution in [-0.2, 0) is 0 Å². The first kappa shape index (κ1) is 17.8. The molecule has 0 saturated carbocycles. The molecule has 0 aliphatic heterocycles. The fourth-order valence-corrected chi connectivity index (χ4v) is 2.45. The Bertz CT molecular complexity index is 467. The molecule has 0 bridgehead atoms. The SMILES string of the molecule is CC(C)CC(CN(C)C)NC(=O)c1cc(Cl)ccc1NN. The van der Waals surface area contributed by atoms with Crippen molar-refractivity contribution in [2.75, 3.05) is 26.1 Å². The number of nitrogens with zero attached hydrogens (tertiary/aromatic N) is 1. The number of nitrogens with two attached hydrogens (primary N) is 1. The van der Waals surface area contributed by atoms with Gasteiger partial charge in [-0.05, 0) is 44.6 Å². The number of hydrazine groups is 1. The lowest BCUT2D eigenvalue weighted by atomic mass is 10.0. The molecular weight excluding hydrogens is 288 g/mol. The lowest BCUT2D eigenvalue weighted by molar-refractivity contribution is 0.0925. The topological polar surface area (TPSA) is 70.4 Å². The zero-order chi connectivity index (χ0) is 16.0. The van der Waals surface area contributed by atoms with Crippen LogP contribution in [0.2, 0.25) is 5.02 Å². The fourth-order valence-electron chi connectivity index (χ4n) is 2.28. The Morgan fingerprint density at radius 1 is 1.38 bits per heavy atom. The van der Waals surface area contributed by atoms with Crippen LogP contribution in [0.3, 0.4) is 0 Å². The highest BCUT2D eigenvalue weighted by Crippen LogP contribution is 2.20. The van der Waals surface area contributed by atoms with Gasteiger partial charge in [-0.2, -0.15) is 0 Å². The zero-order valence-electron chi connectivity index (χ0n) is 13.1. The first-order chi connectivity index (χ1) is 9.83. The molecule has 6 heteroatoms. The molecule has 0 saturated heterocycles. The van der Waals surface area contributed by atoms with Crippen LogP contribution in [0.5, 0.6) is 0 Å². The molecule has 0 aromatic heterocycles. The normalized spacial score (nSPS) is 12.6. The Hall–Kier alpha value is -1.30. The van der Waals surface area contributed by atoms with E-state index in [1.165, 1.54) is 0 Å². The molecule has 1 aromatic rings. The van der Waals surface area contributed by atoms with E-state index in [2.05, 4.69) is 29.5 Å². The van der Waals surface area contributed by atoms with Gasteiger partial charge in [0.15, 0.2) is 0 Å². The van der Waals surface area contributed by atoms with Crippen molar-refractivity contribution in [2.45, 2.75) is 26.3 Å². The number of rotatable bonds is 7. The number of carbonyl (C=O) groups is 1. The highest BCUT2D eigenvalue weighted by atomic mass is 35.5. The third-order valence-corrected chi connectivity index (χ3v) is 3.29. The van der Waals surface area contributed by atoms with E-state index < -0.39 is 0 Å². The van der Waals surface area contributed by atoms with Crippen molar-refractivity contribution in [1.29, 1.82) is 0 Å². The van der Waals surface area contributed by atoms with Gasteiger partial charge >= 0.3 is 0 Å². The summed E-state index contributed by atoms with van der Waals surface area (Å²) in [7, 11) is 3.98. The maximum absolute atomic E-state index is 12.5. The minimum absolute atomic E-state index is 0.0807. The second-order valence-electron chi connectivity index (χ2n) is 5.90. The Morgan fingerprint density at radius 2 is 2.05 bits per heavy atom. The number of amides is 1. The van der Waals surface area contributed by atoms with E-state index in [0.717, 1.165) is 13.0 Å². The number of likely N-dealkylation sites (N-methyl/N-ethyl adjacent to an activating group) is 1. The van der Waals surface area contributed by atoms with Crippen LogP contribution < -0.4 is 16.6 Å². The first-order valence-corrected chi connectivity index (χ1v) is 7.43. The monoisotopic (exact) mass is 312 g/mol. The third kappa shape index (κ3) is 5.91. The number of carbonyl (C=O) groups excluding carboxylic acids is 1. The summed E-state index contributed by atoms with van der Waals surface area (Å²) >= 11 is 5.97. The summed E-state index contributed by atoms with van der Waals surface area (Å²) in [6, 6.07) is 5.09. The molecule has 118 valence electrons. The summed E-state index contributed by atoms with van der Waals surface area (Å²) in [6.45, 7) is 5.07. The van der Waals surface area contributed by atoms with Crippen LogP contribution in [0.15, 0.2) is 18.2 Å². The summed E-state index contributed by atoms with van der Waals surface area (Å²) in [5.41, 5.74) is 3.54. The minimum Gasteiger partial charge on any atom is -0.348 e. The van der Waals surface area contributed by atoms with Gasteiger partial charge in [-0.1, -0.05) is 25.4 Å². The molecule has 0 aliphatic rings. The van der Waals surface area contributed by atoms with Crippen LogP contribution in [0, 0.1) is 5.92 Å². The molecule has 5 nitrogen and oxygen atoms in total. The van der Waals surface area contributed by atoms with Gasteiger partial charge in [-0.15, -0.1) is 0 Å². The van der Waals surface area contributed by atoms with E-state index in [-0.39, 0.29) is 11.9 Å². The Morgan fingerprint density at radius 3 is 2.57 bits per heavy atom. The summed E-state index contributed by atoms with van der Waals surface area (Å²) in [5, 5.41) is 3.57. The van der Waals surface area contributed by atoms with Gasteiger partial charge in [0.25, 0.3) is 5.91 Å². The Kier molecular flexibility index (Phi) is 6.95. The van der Waals surface area contributed by atoms with Gasteiger partial charge in [0.2, 0.25) is 0 Å². The number of benzene rings is 1. The molecule has 1 aromatic carbocycles. The van der Waals surface area contributed by atoms with Crippen molar-refractivity contribution in [1.82, 2.24) is 10.2 Å². The molecule has 0 radical (unpaired) electrons. The number of hydrogen-bond donors (Lipinski definition) is 3. The van der Waals surface area contributed by atoms with E-state index in [4.69, 9.17) is 17.4 Å². The average molecular weight is 313 g/mol. The molecular formula is C15H25ClN4O. The molecule has 4 N–H and O–H groups in total.